The van der Waals surface area contributed by atoms with Crippen LogP contribution in [0.5, 0.6) is 0 Å². The van der Waals surface area contributed by atoms with Crippen molar-refractivity contribution in [2.75, 3.05) is 16.6 Å². The first-order chi connectivity index (χ1) is 28.6. The molecule has 0 saturated heterocycles. The summed E-state index contributed by atoms with van der Waals surface area (Å²) in [5.41, 5.74) is 7.95. The second-order valence-corrected chi connectivity index (χ2v) is 18.8. The number of benzene rings is 4. The zero-order chi connectivity index (χ0) is 42.1. The molecule has 0 aliphatic heterocycles. The number of halogens is 2. The van der Waals surface area contributed by atoms with Gasteiger partial charge in [-0.2, -0.15) is 0 Å². The largest absolute Gasteiger partial charge is 1.00 e. The van der Waals surface area contributed by atoms with Crippen LogP contribution in [-0.4, -0.2) is 51.1 Å². The molecule has 2 heterocycles. The maximum Gasteiger partial charge on any atom is 1.00 e. The number of aromatic nitrogens is 2. The Labute approximate surface area is 426 Å². The van der Waals surface area contributed by atoms with Gasteiger partial charge in [0.25, 0.3) is 20.0 Å². The molecule has 2 saturated carbocycles. The molecule has 322 valence electrons. The first kappa shape index (κ1) is 53.1. The number of aliphatic hydroxyl groups excluding tert-OH is 1. The zero-order valence-electron chi connectivity index (χ0n) is 34.7. The standard InChI is InChI=1S/C22H25N3O2S.C16H13ClN2O2S.C6H13N.CH4O.HI.K/c26-28(27,25-21-12-11-19-16-23-14-13-18(19)15-21)22(17-7-3-1-4-8-17)24-20-9-5-2-6-10-20;17-16(12-4-2-1-3-5-12)22(20,21)19-15-7-6-14-11-18-9-8-13(14)10-15;7-6-4-2-1-3-5-6;1-2;;/h1,3-4,7-8,11-16,20,22,24-25H,2,5-6,9-10H2;1-11,16,19H;6H,1-5,7H2;2H,1H3;1H;/q;;;;;+1/p-1. The van der Waals surface area contributed by atoms with E-state index >= 15 is 0 Å². The van der Waals surface area contributed by atoms with Gasteiger partial charge >= 0.3 is 51.4 Å². The van der Waals surface area contributed by atoms with Crippen LogP contribution in [0.4, 0.5) is 11.4 Å². The molecule has 16 heteroatoms. The molecule has 2 atom stereocenters. The molecule has 8 rings (SSSR count). The second kappa shape index (κ2) is 27.2. The van der Waals surface area contributed by atoms with Crippen LogP contribution in [0, 0.1) is 0 Å². The molecule has 0 radical (unpaired) electrons. The normalized spacial score (nSPS) is 15.3. The Hall–Kier alpha value is -2.26. The van der Waals surface area contributed by atoms with Crippen molar-refractivity contribution >= 4 is 64.6 Å². The van der Waals surface area contributed by atoms with Gasteiger partial charge in [0.15, 0.2) is 10.1 Å². The minimum Gasteiger partial charge on any atom is -1.00 e. The fraction of sp³-hybridized carbons (Fsp3) is 0.333. The second-order valence-electron chi connectivity index (χ2n) is 14.6. The van der Waals surface area contributed by atoms with Gasteiger partial charge in [0.2, 0.25) is 0 Å². The molecule has 0 amide bonds. The smallest absolute Gasteiger partial charge is 1.00 e. The molecule has 11 nitrogen and oxygen atoms in total. The van der Waals surface area contributed by atoms with E-state index in [1.165, 1.54) is 38.5 Å². The Kier molecular flexibility index (Phi) is 23.6. The van der Waals surface area contributed by atoms with Crippen LogP contribution < -0.4 is 95.9 Å². The van der Waals surface area contributed by atoms with Crippen LogP contribution >= 0.6 is 11.6 Å². The van der Waals surface area contributed by atoms with Gasteiger partial charge in [0.1, 0.15) is 0 Å². The predicted molar refractivity (Wildman–Crippen MR) is 242 cm³/mol. The van der Waals surface area contributed by atoms with Gasteiger partial charge in [0, 0.05) is 66.1 Å². The molecule has 0 spiro atoms. The van der Waals surface area contributed by atoms with Gasteiger partial charge in [0.05, 0.1) is 0 Å². The number of rotatable bonds is 10. The third-order valence-corrected chi connectivity index (χ3v) is 14.0. The summed E-state index contributed by atoms with van der Waals surface area (Å²) >= 11 is 6.11. The van der Waals surface area contributed by atoms with Crippen LogP contribution in [-0.2, 0) is 20.0 Å². The average Bonchev–Trinajstić information content (AvgIpc) is 3.27. The molecule has 6 N–H and O–H groups in total. The van der Waals surface area contributed by atoms with Crippen LogP contribution in [0.15, 0.2) is 134 Å². The van der Waals surface area contributed by atoms with E-state index in [1.54, 1.807) is 67.3 Å². The minimum atomic E-state index is -3.74. The van der Waals surface area contributed by atoms with Crippen LogP contribution in [0.2, 0.25) is 0 Å². The number of pyridine rings is 2. The molecule has 2 aromatic heterocycles. The Balaban J connectivity index is 0.000000268. The van der Waals surface area contributed by atoms with Crippen LogP contribution in [0.1, 0.15) is 85.4 Å². The van der Waals surface area contributed by atoms with Crippen LogP contribution in [0.3, 0.4) is 0 Å². The van der Waals surface area contributed by atoms with Crippen molar-refractivity contribution < 1.29 is 97.3 Å². The number of nitrogens with zero attached hydrogens (tertiary/aromatic N) is 2. The SMILES string of the molecule is CO.NC1CCCCC1.O=S(=O)(Nc1ccc2cnccc2c1)C(Cl)c1ccccc1.O=S(=O)(Nc1ccc2cnccc2c1)C(NC1CCCCC1)c1ccccc1.[I-].[K+]. The molecule has 61 heavy (non-hydrogen) atoms. The monoisotopic (exact) mass is 1020 g/mol. The van der Waals surface area contributed by atoms with Crippen LogP contribution in [0.25, 0.3) is 21.5 Å². The summed E-state index contributed by atoms with van der Waals surface area (Å²) < 4.78 is 55.6. The molecule has 0 bridgehead atoms. The Morgan fingerprint density at radius 2 is 1.05 bits per heavy atom. The average molecular weight is 1030 g/mol. The number of fused-ring (bicyclic) bond motifs is 2. The van der Waals surface area contributed by atoms with E-state index < -0.39 is 30.1 Å². The van der Waals surface area contributed by atoms with E-state index in [4.69, 9.17) is 22.4 Å². The van der Waals surface area contributed by atoms with E-state index in [9.17, 15) is 16.8 Å². The summed E-state index contributed by atoms with van der Waals surface area (Å²) in [6, 6.07) is 33.3. The predicted octanol–water partition coefficient (Wildman–Crippen LogP) is 3.41. The molecule has 6 aromatic rings. The number of anilines is 2. The maximum absolute atomic E-state index is 13.3. The van der Waals surface area contributed by atoms with Crippen molar-refractivity contribution in [3.05, 3.63) is 145 Å². The van der Waals surface area contributed by atoms with E-state index in [2.05, 4.69) is 24.7 Å². The molecule has 2 aliphatic rings. The summed E-state index contributed by atoms with van der Waals surface area (Å²) in [5.74, 6) is 0. The zero-order valence-corrected chi connectivity index (χ0v) is 42.4. The molecular formula is C45H55ClIKN6O5S2. The number of nitrogens with two attached hydrogens (primary N) is 1. The maximum atomic E-state index is 13.3. The van der Waals surface area contributed by atoms with Crippen molar-refractivity contribution in [3.8, 4) is 0 Å². The summed E-state index contributed by atoms with van der Waals surface area (Å²) in [6.45, 7) is 0. The minimum absolute atomic E-state index is 0. The molecule has 4 aromatic carbocycles. The van der Waals surface area contributed by atoms with Gasteiger partial charge in [-0.3, -0.25) is 24.7 Å². The fourth-order valence-electron chi connectivity index (χ4n) is 7.13. The number of hydrogen-bond donors (Lipinski definition) is 5. The summed E-state index contributed by atoms with van der Waals surface area (Å²) in [4.78, 5) is 8.13. The third kappa shape index (κ3) is 16.7. The van der Waals surface area contributed by atoms with Gasteiger partial charge in [-0.1, -0.05) is 123 Å². The number of sulfonamides is 2. The van der Waals surface area contributed by atoms with Gasteiger partial charge in [-0.25, -0.2) is 16.8 Å². The Bertz CT molecular complexity index is 2410. The van der Waals surface area contributed by atoms with Crippen molar-refractivity contribution in [2.24, 2.45) is 5.73 Å². The summed E-state index contributed by atoms with van der Waals surface area (Å²) in [6.07, 6.45) is 19.1. The fourth-order valence-corrected chi connectivity index (χ4v) is 9.94. The van der Waals surface area contributed by atoms with E-state index in [1.807, 2.05) is 66.7 Å². The van der Waals surface area contributed by atoms with Crippen molar-refractivity contribution in [3.63, 3.8) is 0 Å². The molecule has 2 unspecified atom stereocenters. The number of aliphatic hydroxyl groups is 1. The Morgan fingerprint density at radius 1 is 0.607 bits per heavy atom. The first-order valence-electron chi connectivity index (χ1n) is 20.0. The van der Waals surface area contributed by atoms with Crippen molar-refractivity contribution in [1.29, 1.82) is 0 Å². The van der Waals surface area contributed by atoms with Gasteiger partial charge in [-0.05, 0) is 84.0 Å². The summed E-state index contributed by atoms with van der Waals surface area (Å²) in [7, 11) is -6.41. The number of hydrogen-bond acceptors (Lipinski definition) is 9. The molecule has 2 fully saturated rings. The van der Waals surface area contributed by atoms with Crippen molar-refractivity contribution in [1.82, 2.24) is 15.3 Å². The van der Waals surface area contributed by atoms with Crippen molar-refractivity contribution in [2.45, 2.75) is 86.4 Å². The van der Waals surface area contributed by atoms with Gasteiger partial charge < -0.3 is 34.8 Å². The quantitative estimate of drug-likeness (QED) is 0.0783. The molecule has 2 aliphatic carbocycles. The first-order valence-corrected chi connectivity index (χ1v) is 23.5. The topological polar surface area (TPSA) is 176 Å². The van der Waals surface area contributed by atoms with E-state index in [0.29, 0.717) is 23.0 Å². The van der Waals surface area contributed by atoms with Gasteiger partial charge in [-0.15, -0.1) is 0 Å². The van der Waals surface area contributed by atoms with E-state index in [-0.39, 0.29) is 81.4 Å². The van der Waals surface area contributed by atoms with E-state index in [0.717, 1.165) is 59.9 Å². The Morgan fingerprint density at radius 3 is 1.51 bits per heavy atom. The number of nitrogens with one attached hydrogen (secondary N) is 3. The number of alkyl halides is 1. The summed E-state index contributed by atoms with van der Waals surface area (Å²) in [5, 5.41) is 13.4. The third-order valence-electron chi connectivity index (χ3n) is 10.2. The molecular weight excluding hydrogens is 970 g/mol.